The van der Waals surface area contributed by atoms with Gasteiger partial charge in [0, 0.05) is 37.0 Å². The molecule has 4 nitrogen and oxygen atoms in total. The first-order valence-corrected chi connectivity index (χ1v) is 6.67. The van der Waals surface area contributed by atoms with Crippen LogP contribution in [0.15, 0.2) is 61.3 Å². The summed E-state index contributed by atoms with van der Waals surface area (Å²) in [5, 5.41) is 0. The molecule has 0 aliphatic rings. The predicted octanol–water partition coefficient (Wildman–Crippen LogP) is 2.64. The Morgan fingerprint density at radius 1 is 1.15 bits per heavy atom. The minimum absolute atomic E-state index is 0.237. The van der Waals surface area contributed by atoms with E-state index in [9.17, 15) is 0 Å². The largest absolute Gasteiger partial charge is 0.399 e. The van der Waals surface area contributed by atoms with Crippen molar-refractivity contribution >= 4 is 5.69 Å². The molecule has 2 N–H and O–H groups in total. The van der Waals surface area contributed by atoms with Gasteiger partial charge in [-0.2, -0.15) is 0 Å². The Hall–Kier alpha value is -2.49. The van der Waals surface area contributed by atoms with Crippen LogP contribution < -0.4 is 5.73 Å². The third-order valence-corrected chi connectivity index (χ3v) is 3.62. The van der Waals surface area contributed by atoms with E-state index in [1.54, 1.807) is 0 Å². The van der Waals surface area contributed by atoms with Crippen molar-refractivity contribution in [3.63, 3.8) is 0 Å². The van der Waals surface area contributed by atoms with Crippen LogP contribution in [0.25, 0.3) is 0 Å². The molecule has 0 saturated heterocycles. The van der Waals surface area contributed by atoms with E-state index in [0.717, 1.165) is 12.1 Å². The highest BCUT2D eigenvalue weighted by molar-refractivity contribution is 5.39. The number of nitrogen functional groups attached to an aromatic ring is 1. The van der Waals surface area contributed by atoms with E-state index in [-0.39, 0.29) is 6.04 Å². The number of hydrogen-bond donors (Lipinski definition) is 1. The number of nitrogens with zero attached hydrogens (tertiary/aromatic N) is 3. The van der Waals surface area contributed by atoms with Crippen molar-refractivity contribution < 1.29 is 0 Å². The molecule has 1 atom stereocenters. The monoisotopic (exact) mass is 266 g/mol. The first kappa shape index (κ1) is 12.5. The van der Waals surface area contributed by atoms with Crippen molar-refractivity contribution in [1.29, 1.82) is 0 Å². The SMILES string of the molecule is Cn1cccc1C(Cc1ccc(N)cc1)n1ccnc1. The topological polar surface area (TPSA) is 48.8 Å². The van der Waals surface area contributed by atoms with Gasteiger partial charge in [0.15, 0.2) is 0 Å². The van der Waals surface area contributed by atoms with Gasteiger partial charge < -0.3 is 14.9 Å². The van der Waals surface area contributed by atoms with E-state index in [4.69, 9.17) is 5.73 Å². The van der Waals surface area contributed by atoms with Gasteiger partial charge in [0.25, 0.3) is 0 Å². The highest BCUT2D eigenvalue weighted by atomic mass is 15.1. The molecule has 0 saturated carbocycles. The number of imidazole rings is 1. The van der Waals surface area contributed by atoms with Crippen LogP contribution >= 0.6 is 0 Å². The number of aromatic nitrogens is 3. The van der Waals surface area contributed by atoms with Crippen LogP contribution in [0.1, 0.15) is 17.3 Å². The van der Waals surface area contributed by atoms with Gasteiger partial charge in [-0.25, -0.2) is 4.98 Å². The molecule has 0 fully saturated rings. The van der Waals surface area contributed by atoms with Crippen LogP contribution in [-0.4, -0.2) is 14.1 Å². The number of benzene rings is 1. The molecular formula is C16H18N4. The van der Waals surface area contributed by atoms with Crippen molar-refractivity contribution in [2.75, 3.05) is 5.73 Å². The summed E-state index contributed by atoms with van der Waals surface area (Å²) < 4.78 is 4.30. The summed E-state index contributed by atoms with van der Waals surface area (Å²) in [5.74, 6) is 0. The molecule has 0 amide bonds. The van der Waals surface area contributed by atoms with Gasteiger partial charge in [-0.05, 0) is 36.2 Å². The molecule has 0 aliphatic heterocycles. The van der Waals surface area contributed by atoms with Crippen molar-refractivity contribution in [1.82, 2.24) is 14.1 Å². The Bertz CT molecular complexity index is 665. The summed E-state index contributed by atoms with van der Waals surface area (Å²) in [5.41, 5.74) is 9.08. The molecule has 1 unspecified atom stereocenters. The van der Waals surface area contributed by atoms with E-state index in [2.05, 4.69) is 51.6 Å². The highest BCUT2D eigenvalue weighted by Gasteiger charge is 2.16. The van der Waals surface area contributed by atoms with E-state index in [1.807, 2.05) is 30.9 Å². The van der Waals surface area contributed by atoms with Gasteiger partial charge in [-0.1, -0.05) is 12.1 Å². The van der Waals surface area contributed by atoms with Crippen LogP contribution in [0.5, 0.6) is 0 Å². The van der Waals surface area contributed by atoms with Crippen LogP contribution in [0.3, 0.4) is 0 Å². The molecule has 0 aliphatic carbocycles. The fraction of sp³-hybridized carbons (Fsp3) is 0.188. The molecular weight excluding hydrogens is 248 g/mol. The molecule has 4 heteroatoms. The van der Waals surface area contributed by atoms with Crippen molar-refractivity contribution in [3.05, 3.63) is 72.6 Å². The molecule has 102 valence electrons. The standard InChI is InChI=1S/C16H18N4/c1-19-9-2-3-15(19)16(20-10-8-18-12-20)11-13-4-6-14(17)7-5-13/h2-10,12,16H,11,17H2,1H3. The molecule has 3 aromatic rings. The zero-order valence-electron chi connectivity index (χ0n) is 11.5. The number of anilines is 1. The van der Waals surface area contributed by atoms with Crippen molar-refractivity contribution in [2.45, 2.75) is 12.5 Å². The summed E-state index contributed by atoms with van der Waals surface area (Å²) >= 11 is 0. The molecule has 2 aromatic heterocycles. The highest BCUT2D eigenvalue weighted by Crippen LogP contribution is 2.23. The average Bonchev–Trinajstić information content (AvgIpc) is 3.10. The van der Waals surface area contributed by atoms with E-state index in [0.29, 0.717) is 0 Å². The maximum atomic E-state index is 5.75. The second kappa shape index (κ2) is 5.25. The summed E-state index contributed by atoms with van der Waals surface area (Å²) in [6.45, 7) is 0. The normalized spacial score (nSPS) is 12.4. The molecule has 2 heterocycles. The van der Waals surface area contributed by atoms with Crippen LogP contribution in [0, 0.1) is 0 Å². The lowest BCUT2D eigenvalue weighted by molar-refractivity contribution is 0.545. The molecule has 0 radical (unpaired) electrons. The minimum Gasteiger partial charge on any atom is -0.399 e. The first-order valence-electron chi connectivity index (χ1n) is 6.67. The van der Waals surface area contributed by atoms with Gasteiger partial charge in [0.05, 0.1) is 12.4 Å². The predicted molar refractivity (Wildman–Crippen MR) is 80.3 cm³/mol. The third kappa shape index (κ3) is 2.45. The van der Waals surface area contributed by atoms with Crippen molar-refractivity contribution in [3.8, 4) is 0 Å². The second-order valence-corrected chi connectivity index (χ2v) is 5.02. The number of nitrogens with two attached hydrogens (primary N) is 1. The summed E-state index contributed by atoms with van der Waals surface area (Å²) in [7, 11) is 2.07. The van der Waals surface area contributed by atoms with Crippen LogP contribution in [0.4, 0.5) is 5.69 Å². The molecule has 20 heavy (non-hydrogen) atoms. The maximum Gasteiger partial charge on any atom is 0.0952 e. The Labute approximate surface area is 118 Å². The lowest BCUT2D eigenvalue weighted by Crippen LogP contribution is -2.15. The fourth-order valence-electron chi connectivity index (χ4n) is 2.51. The van der Waals surface area contributed by atoms with Gasteiger partial charge in [-0.3, -0.25) is 0 Å². The van der Waals surface area contributed by atoms with Gasteiger partial charge in [0.2, 0.25) is 0 Å². The van der Waals surface area contributed by atoms with Gasteiger partial charge >= 0.3 is 0 Å². The van der Waals surface area contributed by atoms with Crippen molar-refractivity contribution in [2.24, 2.45) is 7.05 Å². The Balaban J connectivity index is 1.94. The van der Waals surface area contributed by atoms with Gasteiger partial charge in [0.1, 0.15) is 0 Å². The van der Waals surface area contributed by atoms with Crippen LogP contribution in [-0.2, 0) is 13.5 Å². The number of hydrogen-bond acceptors (Lipinski definition) is 2. The van der Waals surface area contributed by atoms with E-state index in [1.165, 1.54) is 11.3 Å². The molecule has 3 rings (SSSR count). The summed E-state index contributed by atoms with van der Waals surface area (Å²) in [6.07, 6.45) is 8.68. The first-order chi connectivity index (χ1) is 9.74. The Morgan fingerprint density at radius 2 is 1.95 bits per heavy atom. The average molecular weight is 266 g/mol. The maximum absolute atomic E-state index is 5.75. The van der Waals surface area contributed by atoms with Crippen LogP contribution in [0.2, 0.25) is 0 Å². The lowest BCUT2D eigenvalue weighted by atomic mass is 10.0. The quantitative estimate of drug-likeness (QED) is 0.738. The third-order valence-electron chi connectivity index (χ3n) is 3.62. The smallest absolute Gasteiger partial charge is 0.0952 e. The summed E-state index contributed by atoms with van der Waals surface area (Å²) in [6, 6.07) is 12.5. The molecule has 1 aromatic carbocycles. The lowest BCUT2D eigenvalue weighted by Gasteiger charge is -2.20. The summed E-state index contributed by atoms with van der Waals surface area (Å²) in [4.78, 5) is 4.17. The Kier molecular flexibility index (Phi) is 3.29. The minimum atomic E-state index is 0.237. The fourth-order valence-corrected chi connectivity index (χ4v) is 2.51. The van der Waals surface area contributed by atoms with E-state index >= 15 is 0 Å². The zero-order chi connectivity index (χ0) is 13.9. The van der Waals surface area contributed by atoms with E-state index < -0.39 is 0 Å². The second-order valence-electron chi connectivity index (χ2n) is 5.02. The molecule has 0 spiro atoms. The van der Waals surface area contributed by atoms with Gasteiger partial charge in [-0.15, -0.1) is 0 Å². The number of aryl methyl sites for hydroxylation is 1. The molecule has 0 bridgehead atoms. The Morgan fingerprint density at radius 3 is 2.55 bits per heavy atom. The zero-order valence-corrected chi connectivity index (χ0v) is 11.5. The number of rotatable bonds is 4.